The number of ether oxygens (including phenoxy) is 1. The number of rotatable bonds is 5. The lowest BCUT2D eigenvalue weighted by Crippen LogP contribution is -2.45. The minimum Gasteiger partial charge on any atom is -0.487 e. The van der Waals surface area contributed by atoms with Gasteiger partial charge in [0.25, 0.3) is 0 Å². The van der Waals surface area contributed by atoms with Gasteiger partial charge in [0.1, 0.15) is 18.4 Å². The van der Waals surface area contributed by atoms with Crippen LogP contribution in [0.3, 0.4) is 0 Å². The van der Waals surface area contributed by atoms with E-state index in [0.717, 1.165) is 11.8 Å². The number of hydrazine groups is 1. The lowest BCUT2D eigenvalue weighted by Gasteiger charge is -2.25. The first-order chi connectivity index (χ1) is 13.9. The number of hydrogen-bond donors (Lipinski definition) is 1. The molecule has 1 atom stereocenters. The molecule has 4 rings (SSSR count). The minimum atomic E-state index is -4.44. The topological polar surface area (TPSA) is 42.3 Å². The zero-order valence-electron chi connectivity index (χ0n) is 15.0. The van der Waals surface area contributed by atoms with Crippen molar-refractivity contribution in [3.63, 3.8) is 0 Å². The van der Waals surface area contributed by atoms with E-state index in [1.807, 2.05) is 22.9 Å². The molecule has 1 aromatic heterocycles. The van der Waals surface area contributed by atoms with Crippen molar-refractivity contribution < 1.29 is 17.9 Å². The smallest absolute Gasteiger partial charge is 0.409 e. The molecule has 2 heterocycles. The van der Waals surface area contributed by atoms with Crippen LogP contribution in [0.15, 0.2) is 79.0 Å². The van der Waals surface area contributed by atoms with Crippen molar-refractivity contribution in [3.05, 3.63) is 84.0 Å². The van der Waals surface area contributed by atoms with Gasteiger partial charge in [0, 0.05) is 18.1 Å². The summed E-state index contributed by atoms with van der Waals surface area (Å²) in [5.74, 6) is 0.532. The van der Waals surface area contributed by atoms with Crippen LogP contribution in [0.1, 0.15) is 0 Å². The van der Waals surface area contributed by atoms with Gasteiger partial charge in [-0.2, -0.15) is 13.2 Å². The molecule has 1 unspecified atom stereocenters. The third-order valence-corrected chi connectivity index (χ3v) is 4.71. The molecule has 0 radical (unpaired) electrons. The number of benzene rings is 2. The molecule has 1 N–H and O–H groups in total. The Kier molecular flexibility index (Phi) is 5.21. The van der Waals surface area contributed by atoms with Gasteiger partial charge in [-0.05, 0) is 42.5 Å². The van der Waals surface area contributed by atoms with Crippen LogP contribution in [-0.2, 0) is 0 Å². The second-order valence-electron chi connectivity index (χ2n) is 6.35. The Morgan fingerprint density at radius 2 is 1.86 bits per heavy atom. The number of para-hydroxylation sites is 1. The predicted molar refractivity (Wildman–Crippen MR) is 104 cm³/mol. The van der Waals surface area contributed by atoms with Gasteiger partial charge < -0.3 is 9.30 Å². The van der Waals surface area contributed by atoms with Gasteiger partial charge in [-0.1, -0.05) is 23.7 Å². The predicted octanol–water partition coefficient (Wildman–Crippen LogP) is 4.74. The number of nitrogens with one attached hydrogen (secondary N) is 1. The summed E-state index contributed by atoms with van der Waals surface area (Å²) >= 11 is 6.18. The summed E-state index contributed by atoms with van der Waals surface area (Å²) in [7, 11) is 0. The van der Waals surface area contributed by atoms with Crippen LogP contribution in [-0.4, -0.2) is 28.4 Å². The van der Waals surface area contributed by atoms with E-state index >= 15 is 0 Å². The maximum absolute atomic E-state index is 13.3. The number of nitrogens with zero attached hydrogens (tertiary/aromatic N) is 3. The van der Waals surface area contributed by atoms with Crippen LogP contribution in [0.5, 0.6) is 5.75 Å². The average molecular weight is 421 g/mol. The fraction of sp³-hybridized carbons (Fsp3) is 0.150. The molecule has 1 aliphatic heterocycles. The molecular weight excluding hydrogens is 405 g/mol. The Balaban J connectivity index is 1.52. The highest BCUT2D eigenvalue weighted by atomic mass is 35.5. The van der Waals surface area contributed by atoms with Gasteiger partial charge in [0.2, 0.25) is 0 Å². The van der Waals surface area contributed by atoms with Crippen LogP contribution in [0.2, 0.25) is 5.02 Å². The van der Waals surface area contributed by atoms with Gasteiger partial charge in [0.05, 0.1) is 22.7 Å². The van der Waals surface area contributed by atoms with E-state index in [1.165, 1.54) is 5.01 Å². The Morgan fingerprint density at radius 3 is 2.52 bits per heavy atom. The Labute approximate surface area is 170 Å². The van der Waals surface area contributed by atoms with E-state index in [0.29, 0.717) is 22.2 Å². The number of hydrogen-bond acceptors (Lipinski definition) is 4. The standard InChI is InChI=1S/C20H16ClF3N4O/c21-17-3-1-2-4-18(17)28-15(11-19(26-28)20(22,23)24)12-29-16-7-5-14(6-8-16)27-10-9-25-13-27/h1-11,13,19,26H,12H2. The molecule has 0 amide bonds. The SMILES string of the molecule is FC(F)(F)C1C=C(COc2ccc(-n3ccnc3)cc2)N(c2ccccc2Cl)N1. The highest BCUT2D eigenvalue weighted by Gasteiger charge is 2.43. The molecule has 3 aromatic rings. The first-order valence-electron chi connectivity index (χ1n) is 8.71. The van der Waals surface area contributed by atoms with Crippen LogP contribution in [0.4, 0.5) is 18.9 Å². The van der Waals surface area contributed by atoms with Crippen LogP contribution < -0.4 is 15.2 Å². The van der Waals surface area contributed by atoms with Crippen molar-refractivity contribution >= 4 is 17.3 Å². The third-order valence-electron chi connectivity index (χ3n) is 4.39. The fourth-order valence-corrected chi connectivity index (χ4v) is 3.17. The molecule has 1 aliphatic rings. The number of anilines is 1. The summed E-state index contributed by atoms with van der Waals surface area (Å²) in [6, 6.07) is 12.0. The first-order valence-corrected chi connectivity index (χ1v) is 9.09. The number of imidazole rings is 1. The first kappa shape index (κ1) is 19.4. The highest BCUT2D eigenvalue weighted by Crippen LogP contribution is 2.33. The average Bonchev–Trinajstić information content (AvgIpc) is 3.37. The zero-order valence-corrected chi connectivity index (χ0v) is 15.7. The molecule has 0 fully saturated rings. The van der Waals surface area contributed by atoms with E-state index < -0.39 is 12.2 Å². The molecule has 2 aromatic carbocycles. The summed E-state index contributed by atoms with van der Waals surface area (Å²) < 4.78 is 47.3. The van der Waals surface area contributed by atoms with E-state index in [-0.39, 0.29) is 6.61 Å². The van der Waals surface area contributed by atoms with Crippen molar-refractivity contribution in [1.82, 2.24) is 15.0 Å². The van der Waals surface area contributed by atoms with E-state index in [2.05, 4.69) is 10.4 Å². The molecule has 0 aliphatic carbocycles. The summed E-state index contributed by atoms with van der Waals surface area (Å²) in [4.78, 5) is 3.99. The van der Waals surface area contributed by atoms with Crippen molar-refractivity contribution in [2.24, 2.45) is 0 Å². The van der Waals surface area contributed by atoms with E-state index in [1.54, 1.807) is 48.9 Å². The van der Waals surface area contributed by atoms with Crippen LogP contribution in [0, 0.1) is 0 Å². The zero-order chi connectivity index (χ0) is 20.4. The Bertz CT molecular complexity index is 1000. The largest absolute Gasteiger partial charge is 0.487 e. The highest BCUT2D eigenvalue weighted by molar-refractivity contribution is 6.33. The molecule has 9 heteroatoms. The summed E-state index contributed by atoms with van der Waals surface area (Å²) in [6.45, 7) is -0.0603. The lowest BCUT2D eigenvalue weighted by molar-refractivity contribution is -0.142. The molecular formula is C20H16ClF3N4O. The molecule has 0 bridgehead atoms. The third kappa shape index (κ3) is 4.23. The van der Waals surface area contributed by atoms with Gasteiger partial charge in [-0.25, -0.2) is 10.4 Å². The van der Waals surface area contributed by atoms with Crippen LogP contribution >= 0.6 is 11.6 Å². The van der Waals surface area contributed by atoms with Gasteiger partial charge in [-0.3, -0.25) is 5.01 Å². The molecule has 150 valence electrons. The van der Waals surface area contributed by atoms with E-state index in [9.17, 15) is 13.2 Å². The lowest BCUT2D eigenvalue weighted by atomic mass is 10.2. The number of alkyl halides is 3. The fourth-order valence-electron chi connectivity index (χ4n) is 2.95. The monoisotopic (exact) mass is 420 g/mol. The minimum absolute atomic E-state index is 0.0603. The summed E-state index contributed by atoms with van der Waals surface area (Å²) in [6.07, 6.45) is 1.81. The summed E-state index contributed by atoms with van der Waals surface area (Å²) in [5, 5.41) is 1.65. The number of aromatic nitrogens is 2. The second-order valence-corrected chi connectivity index (χ2v) is 6.75. The van der Waals surface area contributed by atoms with Crippen molar-refractivity contribution in [2.75, 3.05) is 11.6 Å². The number of halogens is 4. The summed E-state index contributed by atoms with van der Waals surface area (Å²) in [5.41, 5.74) is 4.08. The van der Waals surface area contributed by atoms with E-state index in [4.69, 9.17) is 16.3 Å². The normalized spacial score (nSPS) is 16.8. The van der Waals surface area contributed by atoms with Gasteiger partial charge >= 0.3 is 6.18 Å². The second kappa shape index (κ2) is 7.81. The quantitative estimate of drug-likeness (QED) is 0.647. The Morgan fingerprint density at radius 1 is 1.10 bits per heavy atom. The molecule has 0 spiro atoms. The molecule has 5 nitrogen and oxygen atoms in total. The molecule has 0 saturated carbocycles. The van der Waals surface area contributed by atoms with Crippen LogP contribution in [0.25, 0.3) is 5.69 Å². The molecule has 29 heavy (non-hydrogen) atoms. The maximum Gasteiger partial charge on any atom is 0.409 e. The van der Waals surface area contributed by atoms with Crippen molar-refractivity contribution in [3.8, 4) is 11.4 Å². The van der Waals surface area contributed by atoms with Crippen molar-refractivity contribution in [2.45, 2.75) is 12.2 Å². The Hall–Kier alpha value is -2.97. The molecule has 0 saturated heterocycles. The maximum atomic E-state index is 13.3. The van der Waals surface area contributed by atoms with Gasteiger partial charge in [0.15, 0.2) is 0 Å². The van der Waals surface area contributed by atoms with Crippen molar-refractivity contribution in [1.29, 1.82) is 0 Å². The van der Waals surface area contributed by atoms with Gasteiger partial charge in [-0.15, -0.1) is 0 Å².